The number of nitrogens with zero attached hydrogens (tertiary/aromatic N) is 4. The van der Waals surface area contributed by atoms with Crippen molar-refractivity contribution in [2.24, 2.45) is 7.05 Å². The number of hydrogen-bond donors (Lipinski definition) is 1. The first kappa shape index (κ1) is 14.0. The fraction of sp³-hybridized carbons (Fsp3) is 0.533. The largest absolute Gasteiger partial charge is 0.370 e. The van der Waals surface area contributed by atoms with E-state index in [9.17, 15) is 0 Å². The van der Waals surface area contributed by atoms with E-state index in [4.69, 9.17) is 4.74 Å². The van der Waals surface area contributed by atoms with Gasteiger partial charge in [0, 0.05) is 31.4 Å². The third-order valence-corrected chi connectivity index (χ3v) is 3.62. The first-order chi connectivity index (χ1) is 10.2. The van der Waals surface area contributed by atoms with Crippen molar-refractivity contribution in [3.8, 4) is 11.3 Å². The van der Waals surface area contributed by atoms with Crippen LogP contribution in [0.15, 0.2) is 18.5 Å². The van der Waals surface area contributed by atoms with Gasteiger partial charge in [0.1, 0.15) is 11.9 Å². The fourth-order valence-corrected chi connectivity index (χ4v) is 2.58. The van der Waals surface area contributed by atoms with Gasteiger partial charge in [0.05, 0.1) is 18.0 Å². The highest BCUT2D eigenvalue weighted by molar-refractivity contribution is 5.61. The van der Waals surface area contributed by atoms with Crippen LogP contribution in [0, 0.1) is 0 Å². The average Bonchev–Trinajstić information content (AvgIpc) is 3.08. The van der Waals surface area contributed by atoms with E-state index < -0.39 is 0 Å². The van der Waals surface area contributed by atoms with Crippen LogP contribution in [-0.4, -0.2) is 32.4 Å². The highest BCUT2D eigenvalue weighted by Crippen LogP contribution is 2.32. The molecule has 21 heavy (non-hydrogen) atoms. The molecule has 6 nitrogen and oxygen atoms in total. The minimum absolute atomic E-state index is 0.00553. The van der Waals surface area contributed by atoms with Crippen LogP contribution in [0.5, 0.6) is 0 Å². The molecule has 0 aliphatic carbocycles. The van der Waals surface area contributed by atoms with Gasteiger partial charge in [-0.25, -0.2) is 9.97 Å². The molecule has 0 radical (unpaired) electrons. The van der Waals surface area contributed by atoms with Gasteiger partial charge in [-0.2, -0.15) is 5.10 Å². The molecular weight excluding hydrogens is 266 g/mol. The molecule has 2 aromatic heterocycles. The van der Waals surface area contributed by atoms with Crippen LogP contribution < -0.4 is 5.32 Å². The summed E-state index contributed by atoms with van der Waals surface area (Å²) in [7, 11) is 1.90. The second-order valence-corrected chi connectivity index (χ2v) is 5.44. The summed E-state index contributed by atoms with van der Waals surface area (Å²) in [5.41, 5.74) is 1.87. The van der Waals surface area contributed by atoms with Crippen LogP contribution in [0.4, 0.5) is 5.82 Å². The number of hydrogen-bond acceptors (Lipinski definition) is 5. The Kier molecular flexibility index (Phi) is 3.88. The number of ether oxygens (including phenoxy) is 1. The summed E-state index contributed by atoms with van der Waals surface area (Å²) in [5, 5.41) is 7.48. The Morgan fingerprint density at radius 1 is 1.38 bits per heavy atom. The summed E-state index contributed by atoms with van der Waals surface area (Å²) < 4.78 is 7.68. The standard InChI is InChI=1S/C15H21N5O/c1-4-16-14-7-12(11-8-17-20(3)9-11)18-15(19-14)13-6-5-10(2)21-13/h7-10,13H,4-6H2,1-3H3,(H,16,18,19). The predicted molar refractivity (Wildman–Crippen MR) is 80.9 cm³/mol. The third-order valence-electron chi connectivity index (χ3n) is 3.62. The molecular formula is C15H21N5O. The molecule has 0 amide bonds. The summed E-state index contributed by atoms with van der Waals surface area (Å²) in [5.74, 6) is 1.60. The zero-order valence-electron chi connectivity index (χ0n) is 12.7. The normalized spacial score (nSPS) is 21.7. The number of aryl methyl sites for hydroxylation is 1. The van der Waals surface area contributed by atoms with E-state index in [-0.39, 0.29) is 12.2 Å². The number of rotatable bonds is 4. The van der Waals surface area contributed by atoms with Gasteiger partial charge < -0.3 is 10.1 Å². The molecule has 2 atom stereocenters. The van der Waals surface area contributed by atoms with Gasteiger partial charge in [-0.15, -0.1) is 0 Å². The van der Waals surface area contributed by atoms with Gasteiger partial charge in [-0.05, 0) is 26.7 Å². The monoisotopic (exact) mass is 287 g/mol. The molecule has 3 heterocycles. The van der Waals surface area contributed by atoms with Crippen LogP contribution in [-0.2, 0) is 11.8 Å². The molecule has 0 saturated carbocycles. The summed E-state index contributed by atoms with van der Waals surface area (Å²) in [6.45, 7) is 4.97. The molecule has 0 aromatic carbocycles. The van der Waals surface area contributed by atoms with Crippen molar-refractivity contribution in [3.05, 3.63) is 24.3 Å². The third kappa shape index (κ3) is 3.05. The van der Waals surface area contributed by atoms with Crippen molar-refractivity contribution < 1.29 is 4.74 Å². The Hall–Kier alpha value is -1.95. The Morgan fingerprint density at radius 2 is 2.24 bits per heavy atom. The molecule has 0 spiro atoms. The van der Waals surface area contributed by atoms with E-state index in [1.165, 1.54) is 0 Å². The zero-order chi connectivity index (χ0) is 14.8. The molecule has 1 N–H and O–H groups in total. The summed E-state index contributed by atoms with van der Waals surface area (Å²) in [6, 6.07) is 1.96. The van der Waals surface area contributed by atoms with E-state index >= 15 is 0 Å². The van der Waals surface area contributed by atoms with Crippen molar-refractivity contribution in [1.29, 1.82) is 0 Å². The van der Waals surface area contributed by atoms with Crippen LogP contribution in [0.25, 0.3) is 11.3 Å². The van der Waals surface area contributed by atoms with E-state index in [1.54, 1.807) is 4.68 Å². The predicted octanol–water partition coefficient (Wildman–Crippen LogP) is 2.55. The van der Waals surface area contributed by atoms with Crippen LogP contribution in [0.3, 0.4) is 0 Å². The van der Waals surface area contributed by atoms with E-state index in [2.05, 4.69) is 34.2 Å². The molecule has 2 unspecified atom stereocenters. The van der Waals surface area contributed by atoms with E-state index in [1.807, 2.05) is 25.5 Å². The SMILES string of the molecule is CCNc1cc(-c2cnn(C)c2)nc(C2CCC(C)O2)n1. The Bertz CT molecular complexity index is 624. The smallest absolute Gasteiger partial charge is 0.160 e. The number of aromatic nitrogens is 4. The van der Waals surface area contributed by atoms with Gasteiger partial charge in [-0.1, -0.05) is 0 Å². The van der Waals surface area contributed by atoms with Crippen molar-refractivity contribution in [3.63, 3.8) is 0 Å². The first-order valence-electron chi connectivity index (χ1n) is 7.43. The molecule has 1 fully saturated rings. The zero-order valence-corrected chi connectivity index (χ0v) is 12.7. The maximum absolute atomic E-state index is 5.90. The lowest BCUT2D eigenvalue weighted by Crippen LogP contribution is -2.09. The van der Waals surface area contributed by atoms with Crippen LogP contribution in [0.2, 0.25) is 0 Å². The number of nitrogens with one attached hydrogen (secondary N) is 1. The van der Waals surface area contributed by atoms with Crippen molar-refractivity contribution in [1.82, 2.24) is 19.7 Å². The van der Waals surface area contributed by atoms with Gasteiger partial charge in [0.2, 0.25) is 0 Å². The maximum atomic E-state index is 5.90. The molecule has 1 aliphatic heterocycles. The number of anilines is 1. The molecule has 2 aromatic rings. The van der Waals surface area contributed by atoms with Crippen molar-refractivity contribution in [2.45, 2.75) is 38.9 Å². The summed E-state index contributed by atoms with van der Waals surface area (Å²) >= 11 is 0. The summed E-state index contributed by atoms with van der Waals surface area (Å²) in [4.78, 5) is 9.28. The van der Waals surface area contributed by atoms with Gasteiger partial charge in [-0.3, -0.25) is 4.68 Å². The van der Waals surface area contributed by atoms with Crippen molar-refractivity contribution in [2.75, 3.05) is 11.9 Å². The van der Waals surface area contributed by atoms with Gasteiger partial charge in [0.25, 0.3) is 0 Å². The second-order valence-electron chi connectivity index (χ2n) is 5.44. The van der Waals surface area contributed by atoms with E-state index in [0.717, 1.165) is 42.3 Å². The molecule has 6 heteroatoms. The van der Waals surface area contributed by atoms with Crippen molar-refractivity contribution >= 4 is 5.82 Å². The van der Waals surface area contributed by atoms with E-state index in [0.29, 0.717) is 0 Å². The molecule has 3 rings (SSSR count). The maximum Gasteiger partial charge on any atom is 0.160 e. The van der Waals surface area contributed by atoms with Crippen LogP contribution >= 0.6 is 0 Å². The summed E-state index contributed by atoms with van der Waals surface area (Å²) in [6.07, 6.45) is 6.09. The highest BCUT2D eigenvalue weighted by Gasteiger charge is 2.26. The lowest BCUT2D eigenvalue weighted by molar-refractivity contribution is 0.0504. The van der Waals surface area contributed by atoms with Gasteiger partial charge in [0.15, 0.2) is 5.82 Å². The highest BCUT2D eigenvalue weighted by atomic mass is 16.5. The fourth-order valence-electron chi connectivity index (χ4n) is 2.58. The first-order valence-corrected chi connectivity index (χ1v) is 7.43. The lowest BCUT2D eigenvalue weighted by atomic mass is 10.2. The lowest BCUT2D eigenvalue weighted by Gasteiger charge is -2.13. The molecule has 1 saturated heterocycles. The second kappa shape index (κ2) is 5.81. The molecule has 1 aliphatic rings. The minimum Gasteiger partial charge on any atom is -0.370 e. The molecule has 112 valence electrons. The topological polar surface area (TPSA) is 64.9 Å². The Morgan fingerprint density at radius 3 is 2.86 bits per heavy atom. The van der Waals surface area contributed by atoms with Gasteiger partial charge >= 0.3 is 0 Å². The Labute approximate surface area is 124 Å². The molecule has 0 bridgehead atoms. The quantitative estimate of drug-likeness (QED) is 0.936. The Balaban J connectivity index is 1.97. The van der Waals surface area contributed by atoms with Crippen LogP contribution in [0.1, 0.15) is 38.6 Å². The average molecular weight is 287 g/mol. The minimum atomic E-state index is -0.00553.